The van der Waals surface area contributed by atoms with Gasteiger partial charge in [0.05, 0.1) is 0 Å². The second-order valence-corrected chi connectivity index (χ2v) is 7.51. The molecule has 0 aromatic heterocycles. The lowest BCUT2D eigenvalue weighted by molar-refractivity contribution is -0.122. The average molecular weight is 337 g/mol. The van der Waals surface area contributed by atoms with Gasteiger partial charge in [-0.05, 0) is 48.4 Å². The van der Waals surface area contributed by atoms with Crippen molar-refractivity contribution in [3.63, 3.8) is 0 Å². The predicted octanol–water partition coefficient (Wildman–Crippen LogP) is 4.04. The van der Waals surface area contributed by atoms with Gasteiger partial charge in [0.15, 0.2) is 5.78 Å². The summed E-state index contributed by atoms with van der Waals surface area (Å²) < 4.78 is 5.66. The summed E-state index contributed by atoms with van der Waals surface area (Å²) in [5.41, 5.74) is 3.95. The van der Waals surface area contributed by atoms with Gasteiger partial charge in [-0.25, -0.2) is 0 Å². The Hall–Kier alpha value is -2.36. The Bertz CT molecular complexity index is 807. The molecule has 4 heteroatoms. The maximum absolute atomic E-state index is 12.6. The molecule has 4 nitrogen and oxygen atoms in total. The Morgan fingerprint density at radius 2 is 2.32 bits per heavy atom. The molecule has 130 valence electrons. The normalized spacial score (nSPS) is 31.8. The largest absolute Gasteiger partial charge is 0.490 e. The van der Waals surface area contributed by atoms with Crippen LogP contribution in [0.25, 0.3) is 0 Å². The summed E-state index contributed by atoms with van der Waals surface area (Å²) in [6.45, 7) is 6.23. The lowest BCUT2D eigenvalue weighted by Gasteiger charge is -2.43. The van der Waals surface area contributed by atoms with E-state index in [1.54, 1.807) is 6.08 Å². The predicted molar refractivity (Wildman–Crippen MR) is 96.3 cm³/mol. The summed E-state index contributed by atoms with van der Waals surface area (Å²) in [6.07, 6.45) is 7.26. The summed E-state index contributed by atoms with van der Waals surface area (Å²) >= 11 is 0. The molecule has 4 rings (SSSR count). The number of allylic oxidation sites excluding steroid dienone is 2. The minimum atomic E-state index is -0.408. The van der Waals surface area contributed by atoms with Crippen LogP contribution in [0, 0.1) is 11.3 Å². The van der Waals surface area contributed by atoms with Crippen molar-refractivity contribution in [3.8, 4) is 5.75 Å². The number of Topliss-reactive ketones (excluding diaryl/α,β-unsaturated/α-hetero) is 1. The molecule has 3 atom stereocenters. The summed E-state index contributed by atoms with van der Waals surface area (Å²) in [6, 6.07) is 6.33. The Morgan fingerprint density at radius 3 is 3.08 bits per heavy atom. The molecule has 0 aliphatic heterocycles. The molecule has 3 aliphatic carbocycles. The number of carbonyl (C=O) groups excluding carboxylic acids is 1. The molecule has 1 N–H and O–H groups in total. The summed E-state index contributed by atoms with van der Waals surface area (Å²) in [5.74, 6) is 1.43. The van der Waals surface area contributed by atoms with E-state index in [1.807, 2.05) is 13.0 Å². The first-order valence-electron chi connectivity index (χ1n) is 8.90. The van der Waals surface area contributed by atoms with Crippen molar-refractivity contribution in [1.82, 2.24) is 0 Å². The second kappa shape index (κ2) is 5.87. The van der Waals surface area contributed by atoms with Gasteiger partial charge < -0.3 is 9.94 Å². The van der Waals surface area contributed by atoms with Crippen LogP contribution < -0.4 is 4.74 Å². The quantitative estimate of drug-likeness (QED) is 0.514. The lowest BCUT2D eigenvalue weighted by Crippen LogP contribution is -2.37. The molecular formula is C21H23NO3. The molecule has 0 unspecified atom stereocenters. The summed E-state index contributed by atoms with van der Waals surface area (Å²) in [5, 5.41) is 12.5. The molecule has 0 saturated heterocycles. The van der Waals surface area contributed by atoms with E-state index in [9.17, 15) is 10.0 Å². The molecule has 3 aliphatic rings. The first-order chi connectivity index (χ1) is 12.1. The molecular weight excluding hydrogens is 314 g/mol. The number of nitrogens with zero attached hydrogens (tertiary/aromatic N) is 1. The molecule has 2 fully saturated rings. The highest BCUT2D eigenvalue weighted by atomic mass is 16.5. The molecule has 1 aromatic carbocycles. The molecule has 0 radical (unpaired) electrons. The van der Waals surface area contributed by atoms with E-state index in [1.165, 1.54) is 16.7 Å². The van der Waals surface area contributed by atoms with Gasteiger partial charge >= 0.3 is 0 Å². The van der Waals surface area contributed by atoms with Gasteiger partial charge in [-0.1, -0.05) is 42.4 Å². The van der Waals surface area contributed by atoms with Crippen molar-refractivity contribution in [2.75, 3.05) is 6.61 Å². The third-order valence-electron chi connectivity index (χ3n) is 6.24. The number of benzene rings is 1. The number of ether oxygens (including phenoxy) is 1. The fraction of sp³-hybridized carbons (Fsp3) is 0.429. The fourth-order valence-corrected chi connectivity index (χ4v) is 4.90. The Balaban J connectivity index is 1.67. The van der Waals surface area contributed by atoms with E-state index < -0.39 is 5.41 Å². The first kappa shape index (κ1) is 16.1. The standard InChI is InChI=1S/C21H23NO3/c1-3-10-25-14-5-7-15-13(11-14)4-6-17-16(15)8-9-21(2)18(17)12-19(22-24)20(21)23/h3,5-7,11,16,18,24H,1,4,8-10,12H2,2H3/b22-19-/t16-,18+,21-/m1/s1. The zero-order valence-corrected chi connectivity index (χ0v) is 14.5. The van der Waals surface area contributed by atoms with Gasteiger partial charge in [-0.2, -0.15) is 0 Å². The lowest BCUT2D eigenvalue weighted by atomic mass is 9.60. The molecule has 2 saturated carbocycles. The van der Waals surface area contributed by atoms with E-state index in [4.69, 9.17) is 4.74 Å². The van der Waals surface area contributed by atoms with Crippen molar-refractivity contribution in [1.29, 1.82) is 0 Å². The summed E-state index contributed by atoms with van der Waals surface area (Å²) in [4.78, 5) is 12.6. The van der Waals surface area contributed by atoms with Crippen LogP contribution >= 0.6 is 0 Å². The Morgan fingerprint density at radius 1 is 1.48 bits per heavy atom. The van der Waals surface area contributed by atoms with Crippen LogP contribution in [0.4, 0.5) is 0 Å². The Kier molecular flexibility index (Phi) is 3.78. The van der Waals surface area contributed by atoms with Crippen LogP contribution in [0.5, 0.6) is 5.75 Å². The first-order valence-corrected chi connectivity index (χ1v) is 8.90. The third kappa shape index (κ3) is 2.35. The summed E-state index contributed by atoms with van der Waals surface area (Å²) in [7, 11) is 0. The van der Waals surface area contributed by atoms with E-state index in [0.29, 0.717) is 24.7 Å². The minimum Gasteiger partial charge on any atom is -0.490 e. The van der Waals surface area contributed by atoms with Crippen molar-refractivity contribution in [2.24, 2.45) is 16.5 Å². The van der Waals surface area contributed by atoms with Crippen molar-refractivity contribution in [2.45, 2.75) is 38.5 Å². The van der Waals surface area contributed by atoms with Crippen LogP contribution in [-0.4, -0.2) is 23.3 Å². The monoisotopic (exact) mass is 337 g/mol. The number of ketones is 1. The molecule has 0 bridgehead atoms. The van der Waals surface area contributed by atoms with Gasteiger partial charge in [0.1, 0.15) is 18.1 Å². The molecule has 25 heavy (non-hydrogen) atoms. The van der Waals surface area contributed by atoms with Crippen molar-refractivity contribution in [3.05, 3.63) is 53.6 Å². The van der Waals surface area contributed by atoms with Gasteiger partial charge in [0.2, 0.25) is 0 Å². The molecule has 0 heterocycles. The van der Waals surface area contributed by atoms with Gasteiger partial charge in [-0.3, -0.25) is 4.79 Å². The van der Waals surface area contributed by atoms with Crippen LogP contribution in [0.15, 0.2) is 47.7 Å². The van der Waals surface area contributed by atoms with Gasteiger partial charge in [0, 0.05) is 17.8 Å². The van der Waals surface area contributed by atoms with Gasteiger partial charge in [-0.15, -0.1) is 0 Å². The average Bonchev–Trinajstić information content (AvgIpc) is 2.90. The number of oxime groups is 1. The Labute approximate surface area is 147 Å². The van der Waals surface area contributed by atoms with Crippen LogP contribution in [0.2, 0.25) is 0 Å². The molecule has 0 spiro atoms. The zero-order valence-electron chi connectivity index (χ0n) is 14.5. The number of hydrogen-bond acceptors (Lipinski definition) is 4. The maximum atomic E-state index is 12.6. The van der Waals surface area contributed by atoms with E-state index in [0.717, 1.165) is 25.0 Å². The van der Waals surface area contributed by atoms with E-state index in [-0.39, 0.29) is 11.7 Å². The molecule has 0 amide bonds. The number of carbonyl (C=O) groups is 1. The maximum Gasteiger partial charge on any atom is 0.186 e. The van der Waals surface area contributed by atoms with Crippen LogP contribution in [-0.2, 0) is 11.2 Å². The van der Waals surface area contributed by atoms with E-state index in [2.05, 4.69) is 29.9 Å². The second-order valence-electron chi connectivity index (χ2n) is 7.51. The number of hydrogen-bond donors (Lipinski definition) is 1. The SMILES string of the molecule is C=CCOc1ccc2c(c1)CC=C1[C@@H]2CC[C@@]2(C)C(=O)/C(=N\O)C[C@@H]12. The highest BCUT2D eigenvalue weighted by Crippen LogP contribution is 2.57. The number of rotatable bonds is 3. The highest BCUT2D eigenvalue weighted by Gasteiger charge is 2.55. The zero-order chi connectivity index (χ0) is 17.6. The van der Waals surface area contributed by atoms with Gasteiger partial charge in [0.25, 0.3) is 0 Å². The smallest absolute Gasteiger partial charge is 0.186 e. The molecule has 1 aromatic rings. The van der Waals surface area contributed by atoms with Crippen LogP contribution in [0.3, 0.4) is 0 Å². The van der Waals surface area contributed by atoms with E-state index >= 15 is 0 Å². The fourth-order valence-electron chi connectivity index (χ4n) is 4.90. The van der Waals surface area contributed by atoms with Crippen molar-refractivity contribution >= 4 is 11.5 Å². The van der Waals surface area contributed by atoms with Crippen LogP contribution in [0.1, 0.15) is 43.2 Å². The highest BCUT2D eigenvalue weighted by molar-refractivity contribution is 6.43. The van der Waals surface area contributed by atoms with Crippen molar-refractivity contribution < 1.29 is 14.7 Å². The topological polar surface area (TPSA) is 58.9 Å². The third-order valence-corrected chi connectivity index (χ3v) is 6.24. The number of fused-ring (bicyclic) bond motifs is 5. The minimum absolute atomic E-state index is 0.0262.